The molecule has 1 rings (SSSR count). The molecule has 1 aromatic carbocycles. The summed E-state index contributed by atoms with van der Waals surface area (Å²) >= 11 is 0. The van der Waals surface area contributed by atoms with Gasteiger partial charge in [-0.1, -0.05) is 19.4 Å². The minimum absolute atomic E-state index is 0.334. The van der Waals surface area contributed by atoms with Crippen molar-refractivity contribution < 1.29 is 19.1 Å². The number of unbranched alkanes of at least 4 members (excludes halogenated alkanes) is 1. The van der Waals surface area contributed by atoms with Crippen LogP contribution in [0.3, 0.4) is 0 Å². The molecule has 2 N–H and O–H groups in total. The van der Waals surface area contributed by atoms with Gasteiger partial charge in [-0.15, -0.1) is 0 Å². The van der Waals surface area contributed by atoms with Crippen LogP contribution in [0, 0.1) is 0 Å². The Kier molecular flexibility index (Phi) is 9.06. The van der Waals surface area contributed by atoms with E-state index in [1.165, 1.54) is 0 Å². The maximum Gasteiger partial charge on any atom is 0.329 e. The number of hydrogen-bond donors (Lipinski definition) is 2. The van der Waals surface area contributed by atoms with Gasteiger partial charge in [0.05, 0.1) is 14.2 Å². The zero-order valence-corrected chi connectivity index (χ0v) is 15.3. The van der Waals surface area contributed by atoms with Gasteiger partial charge in [-0.2, -0.15) is 5.10 Å². The number of carbonyl (C=O) groups excluding carboxylic acids is 2. The van der Waals surface area contributed by atoms with Gasteiger partial charge in [-0.3, -0.25) is 9.59 Å². The first-order valence-corrected chi connectivity index (χ1v) is 8.34. The molecule has 7 nitrogen and oxygen atoms in total. The summed E-state index contributed by atoms with van der Waals surface area (Å²) < 4.78 is 10.4. The topological polar surface area (TPSA) is 89.0 Å². The summed E-state index contributed by atoms with van der Waals surface area (Å²) in [7, 11) is 3.14. The zero-order valence-electron chi connectivity index (χ0n) is 15.3. The van der Waals surface area contributed by atoms with Gasteiger partial charge in [-0.25, -0.2) is 5.43 Å². The van der Waals surface area contributed by atoms with Crippen LogP contribution in [-0.4, -0.2) is 38.3 Å². The number of benzene rings is 1. The summed E-state index contributed by atoms with van der Waals surface area (Å²) in [6.07, 6.45) is 3.43. The lowest BCUT2D eigenvalue weighted by molar-refractivity contribution is -0.139. The van der Waals surface area contributed by atoms with Crippen LogP contribution in [0.15, 0.2) is 23.3 Å². The molecule has 1 aromatic rings. The molecule has 0 spiro atoms. The quantitative estimate of drug-likeness (QED) is 0.406. The predicted molar refractivity (Wildman–Crippen MR) is 97.0 cm³/mol. The van der Waals surface area contributed by atoms with Gasteiger partial charge in [0.2, 0.25) is 0 Å². The lowest BCUT2D eigenvalue weighted by Crippen LogP contribution is -2.39. The number of amides is 2. The molecule has 0 unspecified atom stereocenters. The minimum Gasteiger partial charge on any atom is -0.493 e. The van der Waals surface area contributed by atoms with Crippen LogP contribution in [0.2, 0.25) is 0 Å². The van der Waals surface area contributed by atoms with E-state index in [4.69, 9.17) is 9.47 Å². The van der Waals surface area contributed by atoms with E-state index in [-0.39, 0.29) is 0 Å². The molecular weight excluding hydrogens is 322 g/mol. The van der Waals surface area contributed by atoms with Crippen molar-refractivity contribution in [3.63, 3.8) is 0 Å². The summed E-state index contributed by atoms with van der Waals surface area (Å²) in [5.74, 6) is -0.192. The van der Waals surface area contributed by atoms with E-state index in [2.05, 4.69) is 22.8 Å². The monoisotopic (exact) mass is 349 g/mol. The molecule has 7 heteroatoms. The fourth-order valence-electron chi connectivity index (χ4n) is 2.12. The zero-order chi connectivity index (χ0) is 18.7. The van der Waals surface area contributed by atoms with Gasteiger partial charge in [0, 0.05) is 12.3 Å². The maximum atomic E-state index is 11.7. The van der Waals surface area contributed by atoms with E-state index >= 15 is 0 Å². The smallest absolute Gasteiger partial charge is 0.329 e. The van der Waals surface area contributed by atoms with Crippen LogP contribution in [0.4, 0.5) is 0 Å². The second-order valence-electron chi connectivity index (χ2n) is 5.59. The van der Waals surface area contributed by atoms with Crippen LogP contribution >= 0.6 is 0 Å². The molecule has 0 aliphatic carbocycles. The van der Waals surface area contributed by atoms with Gasteiger partial charge in [0.25, 0.3) is 0 Å². The molecule has 0 aromatic heterocycles. The summed E-state index contributed by atoms with van der Waals surface area (Å²) in [5, 5.41) is 6.49. The molecule has 0 aliphatic heterocycles. The Labute approximate surface area is 148 Å². The van der Waals surface area contributed by atoms with Crippen molar-refractivity contribution in [2.75, 3.05) is 20.8 Å². The second kappa shape index (κ2) is 11.1. The standard InChI is InChI=1S/C18H27N3O4/c1-5-6-7-13(2)20-21-18(23)17(22)19-11-10-14-8-9-15(24-3)16(12-14)25-4/h8-9,12H,5-7,10-11H2,1-4H3,(H,19,22)(H,21,23)/b20-13+. The molecule has 0 saturated carbocycles. The Balaban J connectivity index is 2.42. The third kappa shape index (κ3) is 7.24. The van der Waals surface area contributed by atoms with Crippen molar-refractivity contribution in [3.8, 4) is 11.5 Å². The molecule has 0 fully saturated rings. The van der Waals surface area contributed by atoms with Crippen molar-refractivity contribution in [2.24, 2.45) is 5.10 Å². The van der Waals surface area contributed by atoms with Crippen LogP contribution in [0.25, 0.3) is 0 Å². The summed E-state index contributed by atoms with van der Waals surface area (Å²) in [5.41, 5.74) is 4.04. The largest absolute Gasteiger partial charge is 0.493 e. The highest BCUT2D eigenvalue weighted by atomic mass is 16.5. The number of carbonyl (C=O) groups is 2. The number of hydrazone groups is 1. The molecule has 0 heterocycles. The van der Waals surface area contributed by atoms with Gasteiger partial charge in [0.1, 0.15) is 0 Å². The highest BCUT2D eigenvalue weighted by Crippen LogP contribution is 2.27. The second-order valence-corrected chi connectivity index (χ2v) is 5.59. The molecule has 0 saturated heterocycles. The number of nitrogens with one attached hydrogen (secondary N) is 2. The Morgan fingerprint density at radius 2 is 1.84 bits per heavy atom. The van der Waals surface area contributed by atoms with Crippen LogP contribution in [0.5, 0.6) is 11.5 Å². The Hall–Kier alpha value is -2.57. The van der Waals surface area contributed by atoms with E-state index in [0.29, 0.717) is 24.5 Å². The van der Waals surface area contributed by atoms with Crippen molar-refractivity contribution in [2.45, 2.75) is 39.5 Å². The van der Waals surface area contributed by atoms with Crippen LogP contribution in [0.1, 0.15) is 38.7 Å². The summed E-state index contributed by atoms with van der Waals surface area (Å²) in [6.45, 7) is 4.24. The third-order valence-corrected chi connectivity index (χ3v) is 3.59. The molecule has 138 valence electrons. The van der Waals surface area contributed by atoms with E-state index in [1.54, 1.807) is 20.3 Å². The van der Waals surface area contributed by atoms with Crippen molar-refractivity contribution in [3.05, 3.63) is 23.8 Å². The minimum atomic E-state index is -0.761. The highest BCUT2D eigenvalue weighted by molar-refractivity contribution is 6.35. The molecule has 2 amide bonds. The first-order chi connectivity index (χ1) is 12.0. The molecule has 0 bridgehead atoms. The fraction of sp³-hybridized carbons (Fsp3) is 0.500. The van der Waals surface area contributed by atoms with E-state index < -0.39 is 11.8 Å². The first-order valence-electron chi connectivity index (χ1n) is 8.34. The Morgan fingerprint density at radius 3 is 2.48 bits per heavy atom. The number of ether oxygens (including phenoxy) is 2. The maximum absolute atomic E-state index is 11.7. The predicted octanol–water partition coefficient (Wildman–Crippen LogP) is 2.04. The molecular formula is C18H27N3O4. The lowest BCUT2D eigenvalue weighted by Gasteiger charge is -2.10. The van der Waals surface area contributed by atoms with Crippen molar-refractivity contribution in [1.82, 2.24) is 10.7 Å². The molecule has 0 radical (unpaired) electrons. The van der Waals surface area contributed by atoms with Gasteiger partial charge >= 0.3 is 11.8 Å². The summed E-state index contributed by atoms with van der Waals surface area (Å²) in [4.78, 5) is 23.4. The average molecular weight is 349 g/mol. The van der Waals surface area contributed by atoms with E-state index in [1.807, 2.05) is 19.1 Å². The number of rotatable bonds is 9. The van der Waals surface area contributed by atoms with E-state index in [9.17, 15) is 9.59 Å². The van der Waals surface area contributed by atoms with Gasteiger partial charge in [-0.05, 0) is 43.9 Å². The normalized spacial score (nSPS) is 11.0. The third-order valence-electron chi connectivity index (χ3n) is 3.59. The van der Waals surface area contributed by atoms with Crippen LogP contribution < -0.4 is 20.2 Å². The molecule has 0 atom stereocenters. The number of hydrogen-bond acceptors (Lipinski definition) is 5. The highest BCUT2D eigenvalue weighted by Gasteiger charge is 2.12. The molecule has 25 heavy (non-hydrogen) atoms. The van der Waals surface area contributed by atoms with Crippen molar-refractivity contribution >= 4 is 17.5 Å². The van der Waals surface area contributed by atoms with Crippen LogP contribution in [-0.2, 0) is 16.0 Å². The number of methoxy groups -OCH3 is 2. The van der Waals surface area contributed by atoms with Crippen molar-refractivity contribution in [1.29, 1.82) is 0 Å². The SMILES string of the molecule is CCCC/C(C)=N/NC(=O)C(=O)NCCc1ccc(OC)c(OC)c1. The first kappa shape index (κ1) is 20.5. The van der Waals surface area contributed by atoms with Gasteiger partial charge in [0.15, 0.2) is 11.5 Å². The van der Waals surface area contributed by atoms with Gasteiger partial charge < -0.3 is 14.8 Å². The average Bonchev–Trinajstić information content (AvgIpc) is 2.63. The number of nitrogens with zero attached hydrogens (tertiary/aromatic N) is 1. The lowest BCUT2D eigenvalue weighted by atomic mass is 10.1. The summed E-state index contributed by atoms with van der Waals surface area (Å²) in [6, 6.07) is 5.53. The fourth-order valence-corrected chi connectivity index (χ4v) is 2.12. The molecule has 0 aliphatic rings. The Morgan fingerprint density at radius 1 is 1.12 bits per heavy atom. The van der Waals surface area contributed by atoms with E-state index in [0.717, 1.165) is 30.5 Å². The Bertz CT molecular complexity index is 614.